The second kappa shape index (κ2) is 7.06. The molecule has 1 aromatic heterocycles. The highest BCUT2D eigenvalue weighted by atomic mass is 16.5. The Morgan fingerprint density at radius 2 is 2.11 bits per heavy atom. The van der Waals surface area contributed by atoms with Gasteiger partial charge in [0.2, 0.25) is 0 Å². The van der Waals surface area contributed by atoms with Crippen molar-refractivity contribution in [1.82, 2.24) is 5.32 Å². The Hall–Kier alpha value is -2.49. The molecule has 4 nitrogen and oxygen atoms in total. The molecule has 0 bridgehead atoms. The van der Waals surface area contributed by atoms with Gasteiger partial charge in [0.15, 0.2) is 0 Å². The van der Waals surface area contributed by atoms with Crippen LogP contribution in [0.3, 0.4) is 0 Å². The van der Waals surface area contributed by atoms with Crippen molar-refractivity contribution in [2.24, 2.45) is 0 Å². The van der Waals surface area contributed by atoms with Crippen molar-refractivity contribution < 1.29 is 13.9 Å². The quantitative estimate of drug-likeness (QED) is 0.894. The van der Waals surface area contributed by atoms with E-state index >= 15 is 0 Å². The smallest absolute Gasteiger partial charge is 0.407 e. The monoisotopic (exact) mass is 257 g/mol. The molecule has 0 saturated heterocycles. The molecule has 0 aliphatic rings. The minimum Gasteiger partial charge on any atom is -0.472 e. The van der Waals surface area contributed by atoms with E-state index in [0.717, 1.165) is 11.1 Å². The highest BCUT2D eigenvalue weighted by Crippen LogP contribution is 2.02. The lowest BCUT2D eigenvalue weighted by Crippen LogP contribution is -2.24. The first-order chi connectivity index (χ1) is 9.34. The summed E-state index contributed by atoms with van der Waals surface area (Å²) in [5, 5.41) is 2.64. The summed E-state index contributed by atoms with van der Waals surface area (Å²) < 4.78 is 9.98. The van der Waals surface area contributed by atoms with Crippen LogP contribution in [0.25, 0.3) is 6.08 Å². The second-order valence-electron chi connectivity index (χ2n) is 3.90. The predicted molar refractivity (Wildman–Crippen MR) is 72.4 cm³/mol. The molecule has 1 heterocycles. The molecular weight excluding hydrogens is 242 g/mol. The molecule has 2 aromatic rings. The zero-order chi connectivity index (χ0) is 13.3. The Labute approximate surface area is 111 Å². The molecule has 0 atom stereocenters. The maximum Gasteiger partial charge on any atom is 0.407 e. The van der Waals surface area contributed by atoms with Gasteiger partial charge in [-0.3, -0.25) is 0 Å². The topological polar surface area (TPSA) is 51.5 Å². The van der Waals surface area contributed by atoms with Crippen LogP contribution in [0.15, 0.2) is 59.4 Å². The number of benzene rings is 1. The number of hydrogen-bond donors (Lipinski definition) is 1. The summed E-state index contributed by atoms with van der Waals surface area (Å²) in [7, 11) is 0. The van der Waals surface area contributed by atoms with E-state index in [4.69, 9.17) is 9.15 Å². The SMILES string of the molecule is O=C(NCC=Cc1ccoc1)OCc1ccccc1. The van der Waals surface area contributed by atoms with Crippen molar-refractivity contribution in [1.29, 1.82) is 0 Å². The first-order valence-electron chi connectivity index (χ1n) is 5.98. The van der Waals surface area contributed by atoms with Gasteiger partial charge in [-0.2, -0.15) is 0 Å². The summed E-state index contributed by atoms with van der Waals surface area (Å²) in [4.78, 5) is 11.4. The number of carbonyl (C=O) groups is 1. The third kappa shape index (κ3) is 4.71. The molecule has 0 fully saturated rings. The zero-order valence-electron chi connectivity index (χ0n) is 10.4. The molecule has 0 radical (unpaired) electrons. The van der Waals surface area contributed by atoms with Crippen LogP contribution in [0.4, 0.5) is 4.79 Å². The van der Waals surface area contributed by atoms with Crippen molar-refractivity contribution in [2.45, 2.75) is 6.61 Å². The average Bonchev–Trinajstić information content (AvgIpc) is 2.96. The van der Waals surface area contributed by atoms with E-state index in [1.165, 1.54) is 0 Å². The van der Waals surface area contributed by atoms with Gasteiger partial charge in [0.05, 0.1) is 12.5 Å². The third-order valence-corrected chi connectivity index (χ3v) is 2.43. The molecule has 2 rings (SSSR count). The van der Waals surface area contributed by atoms with Crippen LogP contribution in [0.5, 0.6) is 0 Å². The fourth-order valence-electron chi connectivity index (χ4n) is 1.48. The van der Waals surface area contributed by atoms with Gasteiger partial charge in [-0.1, -0.05) is 42.5 Å². The Kier molecular flexibility index (Phi) is 4.81. The van der Waals surface area contributed by atoms with Crippen LogP contribution >= 0.6 is 0 Å². The number of alkyl carbamates (subject to hydrolysis) is 1. The van der Waals surface area contributed by atoms with E-state index in [1.807, 2.05) is 48.6 Å². The molecule has 1 amide bonds. The van der Waals surface area contributed by atoms with E-state index in [1.54, 1.807) is 12.5 Å². The lowest BCUT2D eigenvalue weighted by atomic mass is 10.2. The van der Waals surface area contributed by atoms with Gasteiger partial charge in [0, 0.05) is 12.1 Å². The molecule has 0 aliphatic heterocycles. The maximum absolute atomic E-state index is 11.4. The lowest BCUT2D eigenvalue weighted by Gasteiger charge is -2.04. The van der Waals surface area contributed by atoms with Gasteiger partial charge in [-0.15, -0.1) is 0 Å². The van der Waals surface area contributed by atoms with Gasteiger partial charge in [0.25, 0.3) is 0 Å². The first-order valence-corrected chi connectivity index (χ1v) is 5.98. The van der Waals surface area contributed by atoms with Gasteiger partial charge in [-0.05, 0) is 11.6 Å². The molecular formula is C15H15NO3. The summed E-state index contributed by atoms with van der Waals surface area (Å²) in [5.74, 6) is 0. The normalized spacial score (nSPS) is 10.5. The summed E-state index contributed by atoms with van der Waals surface area (Å²) >= 11 is 0. The summed E-state index contributed by atoms with van der Waals surface area (Å²) in [6.45, 7) is 0.691. The molecule has 0 saturated carbocycles. The summed E-state index contributed by atoms with van der Waals surface area (Å²) in [5.41, 5.74) is 1.92. The number of hydrogen-bond acceptors (Lipinski definition) is 3. The maximum atomic E-state index is 11.4. The van der Waals surface area contributed by atoms with E-state index in [2.05, 4.69) is 5.32 Å². The fraction of sp³-hybridized carbons (Fsp3) is 0.133. The van der Waals surface area contributed by atoms with Gasteiger partial charge >= 0.3 is 6.09 Å². The van der Waals surface area contributed by atoms with Crippen molar-refractivity contribution in [2.75, 3.05) is 6.54 Å². The molecule has 1 aromatic carbocycles. The minimum atomic E-state index is -0.430. The molecule has 4 heteroatoms. The van der Waals surface area contributed by atoms with E-state index < -0.39 is 6.09 Å². The van der Waals surface area contributed by atoms with Crippen molar-refractivity contribution >= 4 is 12.2 Å². The van der Waals surface area contributed by atoms with Crippen LogP contribution in [0, 0.1) is 0 Å². The number of ether oxygens (including phenoxy) is 1. The van der Waals surface area contributed by atoms with Gasteiger partial charge in [0.1, 0.15) is 6.61 Å². The molecule has 0 aliphatic carbocycles. The molecule has 19 heavy (non-hydrogen) atoms. The lowest BCUT2D eigenvalue weighted by molar-refractivity contribution is 0.141. The Balaban J connectivity index is 1.65. The van der Waals surface area contributed by atoms with E-state index in [9.17, 15) is 4.79 Å². The van der Waals surface area contributed by atoms with Crippen LogP contribution in [-0.2, 0) is 11.3 Å². The number of rotatable bonds is 5. The zero-order valence-corrected chi connectivity index (χ0v) is 10.4. The summed E-state index contributed by atoms with van der Waals surface area (Å²) in [6, 6.07) is 11.4. The number of furan rings is 1. The fourth-order valence-corrected chi connectivity index (χ4v) is 1.48. The molecule has 0 spiro atoms. The average molecular weight is 257 g/mol. The highest BCUT2D eigenvalue weighted by molar-refractivity contribution is 5.67. The summed E-state index contributed by atoms with van der Waals surface area (Å²) in [6.07, 6.45) is 6.49. The highest BCUT2D eigenvalue weighted by Gasteiger charge is 1.99. The van der Waals surface area contributed by atoms with E-state index in [0.29, 0.717) is 6.54 Å². The van der Waals surface area contributed by atoms with Gasteiger partial charge in [-0.25, -0.2) is 4.79 Å². The predicted octanol–water partition coefficient (Wildman–Crippen LogP) is 3.22. The largest absolute Gasteiger partial charge is 0.472 e. The number of amides is 1. The molecule has 98 valence electrons. The Bertz CT molecular complexity index is 518. The van der Waals surface area contributed by atoms with Crippen molar-refractivity contribution in [3.05, 3.63) is 66.1 Å². The Morgan fingerprint density at radius 3 is 2.84 bits per heavy atom. The first kappa shape index (κ1) is 13.0. The van der Waals surface area contributed by atoms with Crippen LogP contribution < -0.4 is 5.32 Å². The second-order valence-corrected chi connectivity index (χ2v) is 3.90. The number of carbonyl (C=O) groups excluding carboxylic acids is 1. The van der Waals surface area contributed by atoms with Crippen molar-refractivity contribution in [3.63, 3.8) is 0 Å². The molecule has 1 N–H and O–H groups in total. The van der Waals surface area contributed by atoms with Gasteiger partial charge < -0.3 is 14.5 Å². The van der Waals surface area contributed by atoms with E-state index in [-0.39, 0.29) is 6.61 Å². The number of nitrogens with one attached hydrogen (secondary N) is 1. The van der Waals surface area contributed by atoms with Crippen LogP contribution in [-0.4, -0.2) is 12.6 Å². The Morgan fingerprint density at radius 1 is 1.26 bits per heavy atom. The molecule has 0 unspecified atom stereocenters. The van der Waals surface area contributed by atoms with Crippen LogP contribution in [0.1, 0.15) is 11.1 Å². The third-order valence-electron chi connectivity index (χ3n) is 2.43. The minimum absolute atomic E-state index is 0.276. The van der Waals surface area contributed by atoms with Crippen molar-refractivity contribution in [3.8, 4) is 0 Å². The standard InChI is InChI=1S/C15H15NO3/c17-15(19-12-13-5-2-1-3-6-13)16-9-4-7-14-8-10-18-11-14/h1-8,10-11H,9,12H2,(H,16,17). The van der Waals surface area contributed by atoms with Crippen LogP contribution in [0.2, 0.25) is 0 Å².